The molecule has 3 rings (SSSR count). The second-order valence-electron chi connectivity index (χ2n) is 5.43. The first-order chi connectivity index (χ1) is 9.60. The van der Waals surface area contributed by atoms with E-state index in [0.29, 0.717) is 11.4 Å². The summed E-state index contributed by atoms with van der Waals surface area (Å²) in [6.45, 7) is 4.98. The summed E-state index contributed by atoms with van der Waals surface area (Å²) in [6, 6.07) is 7.73. The molecular weight excluding hydrogens is 274 g/mol. The van der Waals surface area contributed by atoms with Crippen molar-refractivity contribution in [3.63, 3.8) is 0 Å². The Morgan fingerprint density at radius 3 is 3.00 bits per heavy atom. The number of nitrogens with zero attached hydrogens (tertiary/aromatic N) is 3. The van der Waals surface area contributed by atoms with Crippen LogP contribution in [0.15, 0.2) is 18.2 Å². The Morgan fingerprint density at radius 2 is 2.40 bits per heavy atom. The van der Waals surface area contributed by atoms with Crippen LogP contribution in [-0.2, 0) is 16.2 Å². The minimum atomic E-state index is -0.174. The van der Waals surface area contributed by atoms with Gasteiger partial charge in [-0.15, -0.1) is 11.6 Å². The molecule has 5 heteroatoms. The van der Waals surface area contributed by atoms with Gasteiger partial charge in [0.1, 0.15) is 5.82 Å². The van der Waals surface area contributed by atoms with Crippen LogP contribution in [0.25, 0.3) is 11.0 Å². The van der Waals surface area contributed by atoms with E-state index in [0.717, 1.165) is 29.9 Å². The molecule has 2 heterocycles. The molecule has 1 aliphatic heterocycles. The third-order valence-corrected chi connectivity index (χ3v) is 4.57. The van der Waals surface area contributed by atoms with Crippen LogP contribution in [0.5, 0.6) is 0 Å². The highest BCUT2D eigenvalue weighted by Gasteiger charge is 2.41. The zero-order chi connectivity index (χ0) is 14.3. The van der Waals surface area contributed by atoms with E-state index < -0.39 is 0 Å². The van der Waals surface area contributed by atoms with Crippen molar-refractivity contribution < 1.29 is 4.74 Å². The van der Waals surface area contributed by atoms with Gasteiger partial charge in [-0.05, 0) is 38.5 Å². The first-order valence-electron chi connectivity index (χ1n) is 6.69. The average Bonchev–Trinajstić information content (AvgIpc) is 2.99. The van der Waals surface area contributed by atoms with E-state index in [1.54, 1.807) is 6.07 Å². The van der Waals surface area contributed by atoms with Crippen molar-refractivity contribution in [3.8, 4) is 6.07 Å². The summed E-state index contributed by atoms with van der Waals surface area (Å²) in [5.74, 6) is 1.18. The van der Waals surface area contributed by atoms with Gasteiger partial charge in [0.25, 0.3) is 0 Å². The predicted molar refractivity (Wildman–Crippen MR) is 77.7 cm³/mol. The summed E-state index contributed by atoms with van der Waals surface area (Å²) in [6.07, 6.45) is 1.01. The standard InChI is InChI=1S/C15H16ClN3O/c1-10-15(2,5-6-20-10)19-13-7-11(9-17)3-4-12(13)18-14(19)8-16/h3-4,7,10H,5-6,8H2,1-2H3. The van der Waals surface area contributed by atoms with Gasteiger partial charge in [0, 0.05) is 6.61 Å². The van der Waals surface area contributed by atoms with Crippen molar-refractivity contribution in [1.82, 2.24) is 9.55 Å². The molecule has 0 bridgehead atoms. The van der Waals surface area contributed by atoms with Crippen LogP contribution in [0.3, 0.4) is 0 Å². The molecule has 1 aromatic heterocycles. The minimum absolute atomic E-state index is 0.0904. The molecule has 0 radical (unpaired) electrons. The summed E-state index contributed by atoms with van der Waals surface area (Å²) in [5.41, 5.74) is 2.29. The van der Waals surface area contributed by atoms with E-state index in [4.69, 9.17) is 21.6 Å². The van der Waals surface area contributed by atoms with Crippen molar-refractivity contribution in [2.75, 3.05) is 6.61 Å². The average molecular weight is 290 g/mol. The van der Waals surface area contributed by atoms with Gasteiger partial charge < -0.3 is 9.30 Å². The minimum Gasteiger partial charge on any atom is -0.376 e. The molecule has 1 aromatic carbocycles. The number of aromatic nitrogens is 2. The van der Waals surface area contributed by atoms with Gasteiger partial charge in [0.15, 0.2) is 0 Å². The van der Waals surface area contributed by atoms with E-state index in [9.17, 15) is 0 Å². The van der Waals surface area contributed by atoms with E-state index in [1.165, 1.54) is 0 Å². The molecule has 2 unspecified atom stereocenters. The second-order valence-corrected chi connectivity index (χ2v) is 5.70. The second kappa shape index (κ2) is 4.76. The lowest BCUT2D eigenvalue weighted by molar-refractivity contribution is 0.0766. The van der Waals surface area contributed by atoms with E-state index in [2.05, 4.69) is 29.5 Å². The summed E-state index contributed by atoms with van der Waals surface area (Å²) in [4.78, 5) is 4.60. The Balaban J connectivity index is 2.30. The summed E-state index contributed by atoms with van der Waals surface area (Å²) in [7, 11) is 0. The zero-order valence-electron chi connectivity index (χ0n) is 11.6. The maximum absolute atomic E-state index is 9.10. The number of hydrogen-bond donors (Lipinski definition) is 0. The molecular formula is C15H16ClN3O. The molecule has 104 valence electrons. The Kier molecular flexibility index (Phi) is 3.19. The Morgan fingerprint density at radius 1 is 1.60 bits per heavy atom. The molecule has 0 amide bonds. The Bertz CT molecular complexity index is 703. The molecule has 4 nitrogen and oxygen atoms in total. The fourth-order valence-electron chi connectivity index (χ4n) is 2.97. The molecule has 1 fully saturated rings. The van der Waals surface area contributed by atoms with Gasteiger partial charge in [-0.2, -0.15) is 5.26 Å². The number of halogens is 1. The van der Waals surface area contributed by atoms with Crippen LogP contribution in [0.1, 0.15) is 31.7 Å². The fraction of sp³-hybridized carbons (Fsp3) is 0.467. The summed E-state index contributed by atoms with van der Waals surface area (Å²) >= 11 is 6.08. The first-order valence-corrected chi connectivity index (χ1v) is 7.23. The van der Waals surface area contributed by atoms with Gasteiger partial charge in [-0.25, -0.2) is 4.98 Å². The molecule has 20 heavy (non-hydrogen) atoms. The van der Waals surface area contributed by atoms with Gasteiger partial charge in [0.2, 0.25) is 0 Å². The lowest BCUT2D eigenvalue weighted by Gasteiger charge is -2.31. The normalized spacial score (nSPS) is 26.0. The van der Waals surface area contributed by atoms with Crippen LogP contribution in [0, 0.1) is 11.3 Å². The van der Waals surface area contributed by atoms with Gasteiger partial charge in [0.05, 0.1) is 40.2 Å². The third kappa shape index (κ3) is 1.81. The quantitative estimate of drug-likeness (QED) is 0.798. The van der Waals surface area contributed by atoms with Crippen LogP contribution in [0.4, 0.5) is 0 Å². The molecule has 2 atom stereocenters. The number of fused-ring (bicyclic) bond motifs is 1. The van der Waals surface area contributed by atoms with Crippen LogP contribution in [0.2, 0.25) is 0 Å². The van der Waals surface area contributed by atoms with E-state index >= 15 is 0 Å². The van der Waals surface area contributed by atoms with Crippen LogP contribution < -0.4 is 0 Å². The van der Waals surface area contributed by atoms with Crippen molar-refractivity contribution in [2.24, 2.45) is 0 Å². The number of rotatable bonds is 2. The SMILES string of the molecule is CC1OCCC1(C)n1c(CCl)nc2ccc(C#N)cc21. The van der Waals surface area contributed by atoms with E-state index in [-0.39, 0.29) is 11.6 Å². The molecule has 0 saturated carbocycles. The smallest absolute Gasteiger partial charge is 0.125 e. The Labute approximate surface area is 122 Å². The molecule has 0 spiro atoms. The number of hydrogen-bond acceptors (Lipinski definition) is 3. The van der Waals surface area contributed by atoms with Crippen molar-refractivity contribution >= 4 is 22.6 Å². The maximum atomic E-state index is 9.10. The van der Waals surface area contributed by atoms with Crippen LogP contribution >= 0.6 is 11.6 Å². The van der Waals surface area contributed by atoms with Gasteiger partial charge in [-0.3, -0.25) is 0 Å². The van der Waals surface area contributed by atoms with Gasteiger partial charge in [-0.1, -0.05) is 0 Å². The summed E-state index contributed by atoms with van der Waals surface area (Å²) < 4.78 is 7.90. The monoisotopic (exact) mass is 289 g/mol. The lowest BCUT2D eigenvalue weighted by atomic mass is 9.93. The predicted octanol–water partition coefficient (Wildman–Crippen LogP) is 3.17. The topological polar surface area (TPSA) is 50.8 Å². The number of ether oxygens (including phenoxy) is 1. The highest BCUT2D eigenvalue weighted by molar-refractivity contribution is 6.16. The molecule has 0 aliphatic carbocycles. The van der Waals surface area contributed by atoms with Crippen molar-refractivity contribution in [1.29, 1.82) is 5.26 Å². The molecule has 1 saturated heterocycles. The highest BCUT2D eigenvalue weighted by atomic mass is 35.5. The Hall–Kier alpha value is -1.57. The molecule has 0 N–H and O–H groups in total. The molecule has 1 aliphatic rings. The molecule has 2 aromatic rings. The number of nitriles is 1. The maximum Gasteiger partial charge on any atom is 0.125 e. The highest BCUT2D eigenvalue weighted by Crippen LogP contribution is 2.37. The van der Waals surface area contributed by atoms with Crippen molar-refractivity contribution in [2.45, 2.75) is 37.8 Å². The van der Waals surface area contributed by atoms with Gasteiger partial charge >= 0.3 is 0 Å². The lowest BCUT2D eigenvalue weighted by Crippen LogP contribution is -2.37. The number of benzene rings is 1. The first kappa shape index (κ1) is 13.4. The number of imidazole rings is 1. The van der Waals surface area contributed by atoms with E-state index in [1.807, 2.05) is 12.1 Å². The zero-order valence-corrected chi connectivity index (χ0v) is 12.3. The largest absolute Gasteiger partial charge is 0.376 e. The van der Waals surface area contributed by atoms with Crippen molar-refractivity contribution in [3.05, 3.63) is 29.6 Å². The summed E-state index contributed by atoms with van der Waals surface area (Å²) in [5, 5.41) is 9.10. The number of alkyl halides is 1. The third-order valence-electron chi connectivity index (χ3n) is 4.34. The fourth-order valence-corrected chi connectivity index (χ4v) is 3.15. The van der Waals surface area contributed by atoms with Crippen LogP contribution in [-0.4, -0.2) is 22.3 Å².